The van der Waals surface area contributed by atoms with Crippen LogP contribution in [-0.2, 0) is 14.8 Å². The molecular weight excluding hydrogens is 412 g/mol. The van der Waals surface area contributed by atoms with Gasteiger partial charge in [0.15, 0.2) is 0 Å². The molecule has 3 aromatic rings. The lowest BCUT2D eigenvalue weighted by Crippen LogP contribution is -2.38. The molecule has 7 heteroatoms. The van der Waals surface area contributed by atoms with Gasteiger partial charge in [-0.15, -0.1) is 0 Å². The van der Waals surface area contributed by atoms with Gasteiger partial charge in [-0.25, -0.2) is 8.42 Å². The number of aryl methyl sites for hydroxylation is 2. The van der Waals surface area contributed by atoms with Gasteiger partial charge in [0.1, 0.15) is 12.3 Å². The fraction of sp³-hybridized carbons (Fsp3) is 0.208. The van der Waals surface area contributed by atoms with Crippen LogP contribution in [0.5, 0.6) is 5.75 Å². The molecule has 1 N–H and O–H groups in total. The number of carbonyl (C=O) groups excluding carboxylic acids is 1. The SMILES string of the molecule is CCOc1ccc(NC(=O)CN(c2ccc(C)c(C)c2)S(=O)(=O)c2ccccc2)cc1. The predicted octanol–water partition coefficient (Wildman–Crippen LogP) is 4.54. The quantitative estimate of drug-likeness (QED) is 0.560. The molecule has 162 valence electrons. The summed E-state index contributed by atoms with van der Waals surface area (Å²) in [6, 6.07) is 20.4. The van der Waals surface area contributed by atoms with Crippen molar-refractivity contribution in [1.29, 1.82) is 0 Å². The minimum Gasteiger partial charge on any atom is -0.494 e. The number of ether oxygens (including phenoxy) is 1. The molecule has 1 amide bonds. The molecule has 0 saturated heterocycles. The maximum atomic E-state index is 13.4. The number of hydrogen-bond donors (Lipinski definition) is 1. The number of hydrogen-bond acceptors (Lipinski definition) is 4. The summed E-state index contributed by atoms with van der Waals surface area (Å²) in [5.74, 6) is 0.255. The van der Waals surface area contributed by atoms with Crippen molar-refractivity contribution in [3.8, 4) is 5.75 Å². The summed E-state index contributed by atoms with van der Waals surface area (Å²) < 4.78 is 33.3. The molecule has 0 unspecified atom stereocenters. The third-order valence-electron chi connectivity index (χ3n) is 4.85. The van der Waals surface area contributed by atoms with Crippen LogP contribution in [-0.4, -0.2) is 27.5 Å². The Hall–Kier alpha value is -3.32. The number of benzene rings is 3. The van der Waals surface area contributed by atoms with Crippen LogP contribution in [0.4, 0.5) is 11.4 Å². The van der Waals surface area contributed by atoms with Crippen molar-refractivity contribution in [2.45, 2.75) is 25.7 Å². The number of nitrogens with zero attached hydrogens (tertiary/aromatic N) is 1. The van der Waals surface area contributed by atoms with Gasteiger partial charge in [0.2, 0.25) is 5.91 Å². The smallest absolute Gasteiger partial charge is 0.264 e. The minimum atomic E-state index is -3.93. The van der Waals surface area contributed by atoms with Crippen molar-refractivity contribution in [3.05, 3.63) is 83.9 Å². The largest absolute Gasteiger partial charge is 0.494 e. The maximum absolute atomic E-state index is 13.4. The van der Waals surface area contributed by atoms with E-state index in [1.807, 2.05) is 26.8 Å². The molecule has 3 rings (SSSR count). The summed E-state index contributed by atoms with van der Waals surface area (Å²) in [4.78, 5) is 12.9. The lowest BCUT2D eigenvalue weighted by atomic mass is 10.1. The maximum Gasteiger partial charge on any atom is 0.264 e. The Bertz CT molecular complexity index is 1140. The summed E-state index contributed by atoms with van der Waals surface area (Å²) in [6.45, 7) is 5.95. The highest BCUT2D eigenvalue weighted by Gasteiger charge is 2.27. The number of rotatable bonds is 8. The molecular formula is C24H26N2O4S. The first-order chi connectivity index (χ1) is 14.8. The normalized spacial score (nSPS) is 11.1. The van der Waals surface area contributed by atoms with Gasteiger partial charge in [-0.3, -0.25) is 9.10 Å². The van der Waals surface area contributed by atoms with Crippen LogP contribution in [0.3, 0.4) is 0 Å². The van der Waals surface area contributed by atoms with Crippen LogP contribution in [0.15, 0.2) is 77.7 Å². The summed E-state index contributed by atoms with van der Waals surface area (Å²) >= 11 is 0. The first-order valence-electron chi connectivity index (χ1n) is 9.99. The molecule has 0 aliphatic rings. The molecule has 0 spiro atoms. The lowest BCUT2D eigenvalue weighted by Gasteiger charge is -2.25. The molecule has 0 aliphatic carbocycles. The molecule has 0 atom stereocenters. The molecule has 0 aromatic heterocycles. The fourth-order valence-electron chi connectivity index (χ4n) is 3.05. The summed E-state index contributed by atoms with van der Waals surface area (Å²) in [5, 5.41) is 2.76. The highest BCUT2D eigenvalue weighted by molar-refractivity contribution is 7.92. The van der Waals surface area contributed by atoms with E-state index in [-0.39, 0.29) is 11.4 Å². The standard InChI is InChI=1S/C24H26N2O4S/c1-4-30-22-14-11-20(12-15-22)25-24(27)17-26(21-13-10-18(2)19(3)16-21)31(28,29)23-8-6-5-7-9-23/h5-16H,4,17H2,1-3H3,(H,25,27). The average Bonchev–Trinajstić information content (AvgIpc) is 2.76. The fourth-order valence-corrected chi connectivity index (χ4v) is 4.48. The lowest BCUT2D eigenvalue weighted by molar-refractivity contribution is -0.114. The van der Waals surface area contributed by atoms with Gasteiger partial charge < -0.3 is 10.1 Å². The molecule has 0 saturated carbocycles. The van der Waals surface area contributed by atoms with Gasteiger partial charge in [0.05, 0.1) is 17.2 Å². The molecule has 6 nitrogen and oxygen atoms in total. The number of anilines is 2. The molecule has 0 fully saturated rings. The van der Waals surface area contributed by atoms with E-state index in [0.29, 0.717) is 23.7 Å². The van der Waals surface area contributed by atoms with Crippen molar-refractivity contribution in [2.75, 3.05) is 22.8 Å². The van der Waals surface area contributed by atoms with E-state index in [4.69, 9.17) is 4.74 Å². The van der Waals surface area contributed by atoms with Gasteiger partial charge in [-0.1, -0.05) is 24.3 Å². The van der Waals surface area contributed by atoms with Crippen LogP contribution < -0.4 is 14.4 Å². The average molecular weight is 439 g/mol. The van der Waals surface area contributed by atoms with Gasteiger partial charge in [0, 0.05) is 5.69 Å². The Morgan fingerprint density at radius 1 is 0.935 bits per heavy atom. The Morgan fingerprint density at radius 3 is 2.23 bits per heavy atom. The zero-order valence-corrected chi connectivity index (χ0v) is 18.6. The monoisotopic (exact) mass is 438 g/mol. The Balaban J connectivity index is 1.89. The minimum absolute atomic E-state index is 0.127. The molecule has 0 bridgehead atoms. The van der Waals surface area contributed by atoms with Crippen molar-refractivity contribution in [3.63, 3.8) is 0 Å². The van der Waals surface area contributed by atoms with Crippen molar-refractivity contribution >= 4 is 27.3 Å². The second-order valence-electron chi connectivity index (χ2n) is 7.10. The number of nitrogens with one attached hydrogen (secondary N) is 1. The summed E-state index contributed by atoms with van der Waals surface area (Å²) in [5.41, 5.74) is 2.98. The molecule has 0 radical (unpaired) electrons. The Kier molecular flexibility index (Phi) is 6.97. The van der Waals surface area contributed by atoms with Crippen LogP contribution >= 0.6 is 0 Å². The van der Waals surface area contributed by atoms with Crippen LogP contribution in [0.25, 0.3) is 0 Å². The van der Waals surface area contributed by atoms with E-state index in [1.54, 1.807) is 54.6 Å². The van der Waals surface area contributed by atoms with Gasteiger partial charge in [-0.2, -0.15) is 0 Å². The number of sulfonamides is 1. The Morgan fingerprint density at radius 2 is 1.61 bits per heavy atom. The van der Waals surface area contributed by atoms with Crippen molar-refractivity contribution in [1.82, 2.24) is 0 Å². The zero-order chi connectivity index (χ0) is 22.4. The molecule has 3 aromatic carbocycles. The van der Waals surface area contributed by atoms with E-state index in [9.17, 15) is 13.2 Å². The number of amides is 1. The second kappa shape index (κ2) is 9.66. The third-order valence-corrected chi connectivity index (χ3v) is 6.63. The van der Waals surface area contributed by atoms with E-state index in [1.165, 1.54) is 12.1 Å². The summed E-state index contributed by atoms with van der Waals surface area (Å²) in [6.07, 6.45) is 0. The van der Waals surface area contributed by atoms with E-state index >= 15 is 0 Å². The van der Waals surface area contributed by atoms with E-state index in [0.717, 1.165) is 15.4 Å². The molecule has 0 aliphatic heterocycles. The van der Waals surface area contributed by atoms with Crippen LogP contribution in [0.2, 0.25) is 0 Å². The Labute approximate surface area is 183 Å². The van der Waals surface area contributed by atoms with Gasteiger partial charge >= 0.3 is 0 Å². The first-order valence-corrected chi connectivity index (χ1v) is 11.4. The molecule has 0 heterocycles. The second-order valence-corrected chi connectivity index (χ2v) is 8.96. The van der Waals surface area contributed by atoms with Crippen LogP contribution in [0.1, 0.15) is 18.1 Å². The highest BCUT2D eigenvalue weighted by Crippen LogP contribution is 2.26. The topological polar surface area (TPSA) is 75.7 Å². The van der Waals surface area contributed by atoms with E-state index < -0.39 is 15.9 Å². The predicted molar refractivity (Wildman–Crippen MR) is 123 cm³/mol. The van der Waals surface area contributed by atoms with Crippen molar-refractivity contribution < 1.29 is 17.9 Å². The number of carbonyl (C=O) groups is 1. The van der Waals surface area contributed by atoms with Crippen molar-refractivity contribution in [2.24, 2.45) is 0 Å². The van der Waals surface area contributed by atoms with Gasteiger partial charge in [-0.05, 0) is 80.4 Å². The highest BCUT2D eigenvalue weighted by atomic mass is 32.2. The van der Waals surface area contributed by atoms with Gasteiger partial charge in [0.25, 0.3) is 10.0 Å². The van der Waals surface area contributed by atoms with E-state index in [2.05, 4.69) is 5.32 Å². The first kappa shape index (κ1) is 22.4. The van der Waals surface area contributed by atoms with Crippen LogP contribution in [0, 0.1) is 13.8 Å². The third kappa shape index (κ3) is 5.44. The molecule has 31 heavy (non-hydrogen) atoms. The zero-order valence-electron chi connectivity index (χ0n) is 17.8. The summed E-state index contributed by atoms with van der Waals surface area (Å²) in [7, 11) is -3.93.